The van der Waals surface area contributed by atoms with E-state index in [2.05, 4.69) is 34.4 Å². The summed E-state index contributed by atoms with van der Waals surface area (Å²) in [5, 5.41) is 6.03. The predicted molar refractivity (Wildman–Crippen MR) is 68.8 cm³/mol. The number of nitrogens with one attached hydrogen (secondary N) is 2. The van der Waals surface area contributed by atoms with Crippen LogP contribution in [0.15, 0.2) is 6.20 Å². The normalized spacial score (nSPS) is 10.3. The van der Waals surface area contributed by atoms with E-state index >= 15 is 0 Å². The largest absolute Gasteiger partial charge is 0.367 e. The Labute approximate surface area is 102 Å². The van der Waals surface area contributed by atoms with Gasteiger partial charge >= 0.3 is 0 Å². The van der Waals surface area contributed by atoms with Crippen LogP contribution in [0, 0.1) is 5.82 Å². The van der Waals surface area contributed by atoms with Crippen LogP contribution in [-0.4, -0.2) is 23.1 Å². The van der Waals surface area contributed by atoms with E-state index in [1.165, 1.54) is 6.20 Å². The zero-order valence-corrected chi connectivity index (χ0v) is 10.6. The van der Waals surface area contributed by atoms with Gasteiger partial charge in [-0.3, -0.25) is 0 Å². The molecule has 0 aliphatic carbocycles. The number of rotatable bonds is 8. The Hall–Kier alpha value is -1.39. The molecule has 0 aliphatic heterocycles. The molecule has 2 N–H and O–H groups in total. The Kier molecular flexibility index (Phi) is 6.29. The third-order valence-electron chi connectivity index (χ3n) is 2.35. The van der Waals surface area contributed by atoms with Crippen molar-refractivity contribution in [3.63, 3.8) is 0 Å². The van der Waals surface area contributed by atoms with Gasteiger partial charge in [-0.1, -0.05) is 26.7 Å². The summed E-state index contributed by atoms with van der Waals surface area (Å²) in [6.45, 7) is 5.73. The first kappa shape index (κ1) is 13.7. The summed E-state index contributed by atoms with van der Waals surface area (Å²) in [4.78, 5) is 7.98. The molecule has 0 aliphatic rings. The Morgan fingerprint density at radius 3 is 2.65 bits per heavy atom. The lowest BCUT2D eigenvalue weighted by Gasteiger charge is -2.08. The molecule has 1 heterocycles. The molecule has 1 aromatic heterocycles. The molecule has 0 atom stereocenters. The van der Waals surface area contributed by atoms with Crippen molar-refractivity contribution in [3.8, 4) is 0 Å². The van der Waals surface area contributed by atoms with E-state index in [1.807, 2.05) is 0 Å². The van der Waals surface area contributed by atoms with Gasteiger partial charge in [0.1, 0.15) is 0 Å². The average molecular weight is 240 g/mol. The van der Waals surface area contributed by atoms with Crippen LogP contribution in [0.5, 0.6) is 0 Å². The molecule has 0 saturated heterocycles. The second kappa shape index (κ2) is 7.81. The number of anilines is 2. The van der Waals surface area contributed by atoms with Gasteiger partial charge in [-0.15, -0.1) is 0 Å². The molecule has 0 unspecified atom stereocenters. The second-order valence-corrected chi connectivity index (χ2v) is 3.95. The van der Waals surface area contributed by atoms with Gasteiger partial charge in [-0.05, 0) is 12.8 Å². The molecular weight excluding hydrogens is 219 g/mol. The minimum absolute atomic E-state index is 0.287. The third-order valence-corrected chi connectivity index (χ3v) is 2.35. The topological polar surface area (TPSA) is 49.8 Å². The summed E-state index contributed by atoms with van der Waals surface area (Å²) >= 11 is 0. The maximum Gasteiger partial charge on any atom is 0.224 e. The van der Waals surface area contributed by atoms with Crippen LogP contribution in [0.4, 0.5) is 16.2 Å². The molecule has 0 aromatic carbocycles. The van der Waals surface area contributed by atoms with Crippen LogP contribution in [0.2, 0.25) is 0 Å². The van der Waals surface area contributed by atoms with Gasteiger partial charge in [0.05, 0.1) is 6.20 Å². The fourth-order valence-electron chi connectivity index (χ4n) is 1.39. The molecule has 0 saturated carbocycles. The lowest BCUT2D eigenvalue weighted by Crippen LogP contribution is -2.10. The minimum Gasteiger partial charge on any atom is -0.367 e. The lowest BCUT2D eigenvalue weighted by atomic mass is 10.2. The summed E-state index contributed by atoms with van der Waals surface area (Å²) in [5.41, 5.74) is 0. The quantitative estimate of drug-likeness (QED) is 0.686. The van der Waals surface area contributed by atoms with E-state index in [9.17, 15) is 4.39 Å². The lowest BCUT2D eigenvalue weighted by molar-refractivity contribution is 0.615. The molecule has 4 nitrogen and oxygen atoms in total. The van der Waals surface area contributed by atoms with E-state index in [1.54, 1.807) is 0 Å². The van der Waals surface area contributed by atoms with Gasteiger partial charge in [-0.2, -0.15) is 4.98 Å². The van der Waals surface area contributed by atoms with Crippen LogP contribution >= 0.6 is 0 Å². The van der Waals surface area contributed by atoms with Crippen molar-refractivity contribution in [2.45, 2.75) is 39.5 Å². The number of hydrogen-bond acceptors (Lipinski definition) is 4. The zero-order valence-electron chi connectivity index (χ0n) is 10.6. The van der Waals surface area contributed by atoms with Gasteiger partial charge in [0.15, 0.2) is 11.6 Å². The average Bonchev–Trinajstić information content (AvgIpc) is 2.35. The summed E-state index contributed by atoms with van der Waals surface area (Å²) in [5.74, 6) is 0.365. The van der Waals surface area contributed by atoms with E-state index < -0.39 is 5.82 Å². The predicted octanol–water partition coefficient (Wildman–Crippen LogP) is 3.04. The van der Waals surface area contributed by atoms with E-state index in [0.717, 1.165) is 38.8 Å². The van der Waals surface area contributed by atoms with Crippen molar-refractivity contribution in [2.24, 2.45) is 0 Å². The van der Waals surface area contributed by atoms with Gasteiger partial charge in [0.25, 0.3) is 0 Å². The summed E-state index contributed by atoms with van der Waals surface area (Å²) in [7, 11) is 0. The highest BCUT2D eigenvalue weighted by Crippen LogP contribution is 2.12. The molecule has 1 aromatic rings. The smallest absolute Gasteiger partial charge is 0.224 e. The van der Waals surface area contributed by atoms with Gasteiger partial charge in [0.2, 0.25) is 5.95 Å². The van der Waals surface area contributed by atoms with Crippen molar-refractivity contribution < 1.29 is 4.39 Å². The first-order valence-electron chi connectivity index (χ1n) is 6.28. The number of unbranched alkanes of at least 4 members (excludes halogenated alkanes) is 2. The number of hydrogen-bond donors (Lipinski definition) is 2. The molecule has 0 radical (unpaired) electrons. The molecule has 5 heteroatoms. The van der Waals surface area contributed by atoms with Gasteiger partial charge < -0.3 is 10.6 Å². The molecule has 0 spiro atoms. The molecule has 96 valence electrons. The fraction of sp³-hybridized carbons (Fsp3) is 0.667. The summed E-state index contributed by atoms with van der Waals surface area (Å²) in [6, 6.07) is 0. The second-order valence-electron chi connectivity index (χ2n) is 3.95. The maximum atomic E-state index is 13.4. The molecule has 17 heavy (non-hydrogen) atoms. The van der Waals surface area contributed by atoms with Crippen LogP contribution in [0.3, 0.4) is 0 Å². The molecule has 0 fully saturated rings. The van der Waals surface area contributed by atoms with Crippen molar-refractivity contribution in [3.05, 3.63) is 12.0 Å². The molecular formula is C12H21FN4. The van der Waals surface area contributed by atoms with E-state index in [-0.39, 0.29) is 5.82 Å². The number of aromatic nitrogens is 2. The van der Waals surface area contributed by atoms with Crippen molar-refractivity contribution in [1.29, 1.82) is 0 Å². The van der Waals surface area contributed by atoms with Gasteiger partial charge in [0, 0.05) is 13.1 Å². The van der Waals surface area contributed by atoms with Crippen molar-refractivity contribution >= 4 is 11.8 Å². The Morgan fingerprint density at radius 1 is 1.12 bits per heavy atom. The highest BCUT2D eigenvalue weighted by atomic mass is 19.1. The Morgan fingerprint density at radius 2 is 1.94 bits per heavy atom. The minimum atomic E-state index is -0.399. The highest BCUT2D eigenvalue weighted by Gasteiger charge is 2.05. The molecule has 1 rings (SSSR count). The monoisotopic (exact) mass is 240 g/mol. The third kappa shape index (κ3) is 4.97. The fourth-order valence-corrected chi connectivity index (χ4v) is 1.39. The first-order chi connectivity index (χ1) is 8.27. The number of halogens is 1. The van der Waals surface area contributed by atoms with Crippen molar-refractivity contribution in [1.82, 2.24) is 9.97 Å². The van der Waals surface area contributed by atoms with Crippen LogP contribution in [0.25, 0.3) is 0 Å². The molecule has 0 amide bonds. The van der Waals surface area contributed by atoms with Crippen LogP contribution in [-0.2, 0) is 0 Å². The van der Waals surface area contributed by atoms with E-state index in [4.69, 9.17) is 0 Å². The standard InChI is InChI=1S/C12H21FN4/c1-3-5-6-8-14-11-10(13)9-16-12(17-11)15-7-4-2/h9H,3-8H2,1-2H3,(H2,14,15,16,17). The van der Waals surface area contributed by atoms with Crippen LogP contribution in [0.1, 0.15) is 39.5 Å². The Bertz CT molecular complexity index is 330. The highest BCUT2D eigenvalue weighted by molar-refractivity contribution is 5.40. The SMILES string of the molecule is CCCCCNc1nc(NCCC)ncc1F. The summed E-state index contributed by atoms with van der Waals surface area (Å²) in [6.07, 6.45) is 5.50. The van der Waals surface area contributed by atoms with Crippen LogP contribution < -0.4 is 10.6 Å². The summed E-state index contributed by atoms with van der Waals surface area (Å²) < 4.78 is 13.4. The molecule has 0 bridgehead atoms. The van der Waals surface area contributed by atoms with Gasteiger partial charge in [-0.25, -0.2) is 9.37 Å². The maximum absolute atomic E-state index is 13.4. The first-order valence-corrected chi connectivity index (χ1v) is 6.28. The zero-order chi connectivity index (χ0) is 12.5. The number of nitrogens with zero attached hydrogens (tertiary/aromatic N) is 2. The van der Waals surface area contributed by atoms with Crippen molar-refractivity contribution in [2.75, 3.05) is 23.7 Å². The Balaban J connectivity index is 2.50. The van der Waals surface area contributed by atoms with E-state index in [0.29, 0.717) is 5.95 Å².